The van der Waals surface area contributed by atoms with Crippen LogP contribution in [0.25, 0.3) is 50.1 Å². The molecule has 8 aromatic rings. The number of rotatable bonds is 11. The Labute approximate surface area is 472 Å². The number of hydrogen-bond acceptors (Lipinski definition) is 0. The van der Waals surface area contributed by atoms with Crippen LogP contribution in [0.2, 0.25) is 0 Å². The Hall–Kier alpha value is -7.80. The summed E-state index contributed by atoms with van der Waals surface area (Å²) in [5, 5.41) is 0. The summed E-state index contributed by atoms with van der Waals surface area (Å²) in [6, 6.07) is 69.1. The minimum Gasteiger partial charge on any atom is -0.0998 e. The van der Waals surface area contributed by atoms with Crippen LogP contribution in [0, 0.1) is 34.6 Å². The van der Waals surface area contributed by atoms with Crippen molar-refractivity contribution in [3.05, 3.63) is 304 Å². The van der Waals surface area contributed by atoms with Crippen molar-refractivity contribution >= 4 is 5.57 Å². The van der Waals surface area contributed by atoms with Gasteiger partial charge in [-0.25, -0.2) is 0 Å². The van der Waals surface area contributed by atoms with Crippen molar-refractivity contribution in [2.24, 2.45) is 0 Å². The van der Waals surface area contributed by atoms with Gasteiger partial charge >= 0.3 is 0 Å². The fraction of sp³-hybridized carbons (Fsp3) is 0.231. The van der Waals surface area contributed by atoms with E-state index >= 15 is 0 Å². The van der Waals surface area contributed by atoms with Crippen molar-refractivity contribution in [1.82, 2.24) is 0 Å². The molecule has 78 heavy (non-hydrogen) atoms. The minimum atomic E-state index is 0.355. The van der Waals surface area contributed by atoms with Crippen LogP contribution >= 0.6 is 0 Å². The molecule has 398 valence electrons. The van der Waals surface area contributed by atoms with E-state index in [1.54, 1.807) is 0 Å². The Morgan fingerprint density at radius 1 is 0.538 bits per heavy atom. The molecule has 0 heterocycles. The number of hydrogen-bond donors (Lipinski definition) is 0. The molecular weight excluding hydrogens is 937 g/mol. The zero-order valence-electron chi connectivity index (χ0n) is 48.9. The third kappa shape index (κ3) is 16.8. The normalized spacial score (nSPS) is 13.4. The molecule has 10 rings (SSSR count). The van der Waals surface area contributed by atoms with Crippen molar-refractivity contribution < 1.29 is 0 Å². The third-order valence-electron chi connectivity index (χ3n) is 14.6. The Morgan fingerprint density at radius 3 is 1.63 bits per heavy atom. The monoisotopic (exact) mass is 1020 g/mol. The molecule has 0 radical (unpaired) electrons. The first-order valence-corrected chi connectivity index (χ1v) is 28.6. The summed E-state index contributed by atoms with van der Waals surface area (Å²) < 4.78 is 0. The second kappa shape index (κ2) is 30.8. The Balaban J connectivity index is 0.000000189. The number of allylic oxidation sites excluding steroid dienone is 11. The van der Waals surface area contributed by atoms with E-state index in [0.29, 0.717) is 11.8 Å². The van der Waals surface area contributed by atoms with Gasteiger partial charge in [-0.05, 0) is 186 Å². The summed E-state index contributed by atoms with van der Waals surface area (Å²) in [6.07, 6.45) is 21.8. The van der Waals surface area contributed by atoms with Crippen molar-refractivity contribution in [3.63, 3.8) is 0 Å². The lowest BCUT2D eigenvalue weighted by Gasteiger charge is -2.26. The van der Waals surface area contributed by atoms with Gasteiger partial charge in [0, 0.05) is 5.92 Å². The van der Waals surface area contributed by atoms with E-state index in [-0.39, 0.29) is 0 Å². The van der Waals surface area contributed by atoms with Gasteiger partial charge in [-0.1, -0.05) is 283 Å². The maximum absolute atomic E-state index is 3.91. The summed E-state index contributed by atoms with van der Waals surface area (Å²) in [5.74, 6) is 0.918. The van der Waals surface area contributed by atoms with Gasteiger partial charge in [-0.3, -0.25) is 0 Å². The molecule has 0 N–H and O–H groups in total. The van der Waals surface area contributed by atoms with Crippen LogP contribution in [0.1, 0.15) is 130 Å². The van der Waals surface area contributed by atoms with Gasteiger partial charge in [0.2, 0.25) is 0 Å². The largest absolute Gasteiger partial charge is 0.0998 e. The fourth-order valence-electron chi connectivity index (χ4n) is 10.0. The first-order chi connectivity index (χ1) is 37.9. The smallest absolute Gasteiger partial charge is 0.00682 e. The molecule has 0 nitrogen and oxygen atoms in total. The number of benzene rings is 8. The summed E-state index contributed by atoms with van der Waals surface area (Å²) in [4.78, 5) is 0. The molecule has 0 spiro atoms. The molecule has 0 amide bonds. The minimum absolute atomic E-state index is 0.355. The van der Waals surface area contributed by atoms with Crippen molar-refractivity contribution in [3.8, 4) is 44.5 Å². The second-order valence-electron chi connectivity index (χ2n) is 20.8. The van der Waals surface area contributed by atoms with E-state index in [1.165, 1.54) is 111 Å². The highest BCUT2D eigenvalue weighted by atomic mass is 14.3. The van der Waals surface area contributed by atoms with Gasteiger partial charge in [0.05, 0.1) is 0 Å². The standard InChI is InChI=1S/C34H34.C21H20.C14H18.C7H8.C2H6/c1-23-13-8-10-19-30(23)32-22-33(29-18-12-17-28(21-29)27-15-6-5-7-16-27)34(26(4)25(32)3)31-20-11-9-14-24(31)2;1-16(2)20-9-6-10-21(15-20)19-13-11-18(12-14-19)17-7-4-3-5-8-17;1-4-13(11-10-12(2)3)14-8-6-5-7-9-14;1-7-5-3-2-4-6-7;1-2/h6,8-17,19-22,29H,5,7,18H2,1-4H3;3-16H,1-2H3;5-9,11H,2,4,10H2,1,3H3;2-6H,1H3;1-2H3/b;;13-11+;;. The lowest BCUT2D eigenvalue weighted by atomic mass is 9.78. The van der Waals surface area contributed by atoms with Gasteiger partial charge in [0.15, 0.2) is 0 Å². The zero-order chi connectivity index (χ0) is 55.8. The Morgan fingerprint density at radius 2 is 1.08 bits per heavy atom. The summed E-state index contributed by atoms with van der Waals surface area (Å²) in [7, 11) is 0. The van der Waals surface area contributed by atoms with Crippen LogP contribution in [-0.4, -0.2) is 0 Å². The van der Waals surface area contributed by atoms with Crippen LogP contribution < -0.4 is 0 Å². The van der Waals surface area contributed by atoms with Crippen molar-refractivity contribution in [2.45, 2.75) is 120 Å². The average molecular weight is 1020 g/mol. The highest BCUT2D eigenvalue weighted by Crippen LogP contribution is 2.44. The highest BCUT2D eigenvalue weighted by molar-refractivity contribution is 5.83. The first-order valence-electron chi connectivity index (χ1n) is 28.6. The molecule has 0 aliphatic heterocycles. The van der Waals surface area contributed by atoms with Crippen LogP contribution in [0.4, 0.5) is 0 Å². The Bertz CT molecular complexity index is 3300. The number of aryl methyl sites for hydroxylation is 3. The topological polar surface area (TPSA) is 0 Å². The van der Waals surface area contributed by atoms with Gasteiger partial charge in [-0.2, -0.15) is 0 Å². The zero-order valence-corrected chi connectivity index (χ0v) is 48.9. The molecule has 0 heteroatoms. The van der Waals surface area contributed by atoms with Gasteiger partial charge < -0.3 is 0 Å². The highest BCUT2D eigenvalue weighted by Gasteiger charge is 2.23. The van der Waals surface area contributed by atoms with E-state index in [9.17, 15) is 0 Å². The molecule has 0 bridgehead atoms. The van der Waals surface area contributed by atoms with Crippen LogP contribution in [0.15, 0.2) is 260 Å². The molecule has 8 aromatic carbocycles. The van der Waals surface area contributed by atoms with Crippen molar-refractivity contribution in [2.75, 3.05) is 0 Å². The average Bonchev–Trinajstić information content (AvgIpc) is 3.49. The van der Waals surface area contributed by atoms with E-state index < -0.39 is 0 Å². The SMILES string of the molecule is C=C(C)C/C=C(\CC)c1ccccc1.CC.CC(C)c1cccc(-c2ccc(-c3ccccc3)cc2)c1.Cc1ccccc1.Cc1ccccc1-c1cc(C2C=C(C3=CCCC=C3)C=CC2)c(-c2ccccc2C)c(C)c1C. The molecule has 2 aliphatic carbocycles. The molecule has 0 saturated carbocycles. The molecular formula is C78H86. The van der Waals surface area contributed by atoms with Crippen LogP contribution in [0.3, 0.4) is 0 Å². The first kappa shape index (κ1) is 59.4. The lowest BCUT2D eigenvalue weighted by molar-refractivity contribution is 0.845. The lowest BCUT2D eigenvalue weighted by Crippen LogP contribution is -2.07. The van der Waals surface area contributed by atoms with Crippen LogP contribution in [0.5, 0.6) is 0 Å². The van der Waals surface area contributed by atoms with E-state index in [1.807, 2.05) is 32.0 Å². The van der Waals surface area contributed by atoms with Gasteiger partial charge in [-0.15, -0.1) is 0 Å². The van der Waals surface area contributed by atoms with Crippen LogP contribution in [-0.2, 0) is 0 Å². The predicted molar refractivity (Wildman–Crippen MR) is 345 cm³/mol. The molecule has 1 unspecified atom stereocenters. The summed E-state index contributed by atoms with van der Waals surface area (Å²) >= 11 is 0. The molecule has 0 fully saturated rings. The quantitative estimate of drug-likeness (QED) is 0.113. The maximum Gasteiger partial charge on any atom is 0.00682 e. The fourth-order valence-corrected chi connectivity index (χ4v) is 10.0. The van der Waals surface area contributed by atoms with Crippen molar-refractivity contribution in [1.29, 1.82) is 0 Å². The predicted octanol–water partition coefficient (Wildman–Crippen LogP) is 23.1. The Kier molecular flexibility index (Phi) is 23.5. The maximum atomic E-state index is 3.91. The summed E-state index contributed by atoms with van der Waals surface area (Å²) in [6.45, 7) is 27.8. The van der Waals surface area contributed by atoms with E-state index in [0.717, 1.165) is 32.1 Å². The molecule has 0 aromatic heterocycles. The third-order valence-corrected chi connectivity index (χ3v) is 14.6. The van der Waals surface area contributed by atoms with Gasteiger partial charge in [0.25, 0.3) is 0 Å². The van der Waals surface area contributed by atoms with E-state index in [2.05, 4.69) is 287 Å². The second-order valence-corrected chi connectivity index (χ2v) is 20.8. The summed E-state index contributed by atoms with van der Waals surface area (Å²) in [5.41, 5.74) is 26.8. The molecule has 1 atom stereocenters. The molecule has 2 aliphatic rings. The van der Waals surface area contributed by atoms with Gasteiger partial charge in [0.1, 0.15) is 0 Å². The molecule has 0 saturated heterocycles. The van der Waals surface area contributed by atoms with E-state index in [4.69, 9.17) is 0 Å².